The summed E-state index contributed by atoms with van der Waals surface area (Å²) in [4.78, 5) is 14.0. The topological polar surface area (TPSA) is 29.5 Å². The molecule has 1 fully saturated rings. The first-order valence-electron chi connectivity index (χ1n) is 7.94. The maximum absolute atomic E-state index is 13.8. The number of carbonyl (C=O) groups excluding carboxylic acids is 1. The van der Waals surface area contributed by atoms with Gasteiger partial charge in [0.05, 0.1) is 6.54 Å². The van der Waals surface area contributed by atoms with Gasteiger partial charge in [0, 0.05) is 13.0 Å². The molecule has 0 aromatic heterocycles. The Balaban J connectivity index is 1.47. The largest absolute Gasteiger partial charge is 0.492 e. The molecule has 2 aromatic carbocycles. The summed E-state index contributed by atoms with van der Waals surface area (Å²) in [5.74, 6) is -0.182. The highest BCUT2D eigenvalue weighted by atomic mass is 19.1. The zero-order valence-corrected chi connectivity index (χ0v) is 13.4. The van der Waals surface area contributed by atoms with E-state index in [1.165, 1.54) is 18.2 Å². The van der Waals surface area contributed by atoms with E-state index in [9.17, 15) is 13.6 Å². The monoisotopic (exact) mass is 331 g/mol. The van der Waals surface area contributed by atoms with Crippen LogP contribution in [0.5, 0.6) is 5.75 Å². The lowest BCUT2D eigenvalue weighted by atomic mass is 10.1. The first-order chi connectivity index (χ1) is 11.6. The molecule has 24 heavy (non-hydrogen) atoms. The number of amides is 1. The highest BCUT2D eigenvalue weighted by molar-refractivity contribution is 5.82. The maximum Gasteiger partial charge on any atom is 0.226 e. The van der Waals surface area contributed by atoms with Crippen LogP contribution in [-0.2, 0) is 4.79 Å². The standard InChI is InChI=1S/C19H19F2NO2/c1-22(10-11-24-14-8-6-13(20)7-9-14)19(23)17-12-16(17)15-4-2-3-5-18(15)21/h2-9,16-17H,10-12H2,1H3. The van der Waals surface area contributed by atoms with Crippen LogP contribution in [0.15, 0.2) is 48.5 Å². The van der Waals surface area contributed by atoms with Gasteiger partial charge >= 0.3 is 0 Å². The molecule has 126 valence electrons. The summed E-state index contributed by atoms with van der Waals surface area (Å²) in [5, 5.41) is 0. The van der Waals surface area contributed by atoms with E-state index in [0.29, 0.717) is 30.9 Å². The van der Waals surface area contributed by atoms with Crippen molar-refractivity contribution in [3.8, 4) is 5.75 Å². The molecule has 0 bridgehead atoms. The Morgan fingerprint density at radius 3 is 2.58 bits per heavy atom. The first-order valence-corrected chi connectivity index (χ1v) is 7.94. The molecule has 1 amide bonds. The van der Waals surface area contributed by atoms with Crippen molar-refractivity contribution in [1.29, 1.82) is 0 Å². The fourth-order valence-electron chi connectivity index (χ4n) is 2.81. The van der Waals surface area contributed by atoms with Crippen LogP contribution in [0.1, 0.15) is 17.9 Å². The molecule has 2 unspecified atom stereocenters. The van der Waals surface area contributed by atoms with E-state index in [-0.39, 0.29) is 29.4 Å². The van der Waals surface area contributed by atoms with Gasteiger partial charge < -0.3 is 9.64 Å². The molecule has 0 radical (unpaired) electrons. The van der Waals surface area contributed by atoms with Crippen molar-refractivity contribution >= 4 is 5.91 Å². The third kappa shape index (κ3) is 3.72. The Kier molecular flexibility index (Phi) is 4.79. The van der Waals surface area contributed by atoms with E-state index in [1.54, 1.807) is 42.3 Å². The molecule has 0 saturated heterocycles. The van der Waals surface area contributed by atoms with Crippen LogP contribution in [0, 0.1) is 17.6 Å². The number of hydrogen-bond donors (Lipinski definition) is 0. The van der Waals surface area contributed by atoms with Gasteiger partial charge in [-0.2, -0.15) is 0 Å². The van der Waals surface area contributed by atoms with E-state index < -0.39 is 0 Å². The van der Waals surface area contributed by atoms with Crippen LogP contribution < -0.4 is 4.74 Å². The second-order valence-electron chi connectivity index (χ2n) is 6.03. The molecule has 0 heterocycles. The predicted molar refractivity (Wildman–Crippen MR) is 86.8 cm³/mol. The van der Waals surface area contributed by atoms with Crippen LogP contribution in [0.2, 0.25) is 0 Å². The summed E-state index contributed by atoms with van der Waals surface area (Å²) in [7, 11) is 1.72. The quantitative estimate of drug-likeness (QED) is 0.809. The lowest BCUT2D eigenvalue weighted by Crippen LogP contribution is -2.32. The molecule has 1 saturated carbocycles. The Labute approximate surface area is 139 Å². The van der Waals surface area contributed by atoms with E-state index in [4.69, 9.17) is 4.74 Å². The summed E-state index contributed by atoms with van der Waals surface area (Å²) >= 11 is 0. The molecular formula is C19H19F2NO2. The Bertz CT molecular complexity index is 718. The Morgan fingerprint density at radius 1 is 1.17 bits per heavy atom. The van der Waals surface area contributed by atoms with Gasteiger partial charge in [-0.15, -0.1) is 0 Å². The predicted octanol–water partition coefficient (Wildman–Crippen LogP) is 3.61. The van der Waals surface area contributed by atoms with Gasteiger partial charge in [0.2, 0.25) is 5.91 Å². The molecule has 3 nitrogen and oxygen atoms in total. The van der Waals surface area contributed by atoms with E-state index >= 15 is 0 Å². The molecule has 5 heteroatoms. The van der Waals surface area contributed by atoms with Crippen molar-refractivity contribution in [1.82, 2.24) is 4.90 Å². The number of carbonyl (C=O) groups is 1. The van der Waals surface area contributed by atoms with Gasteiger partial charge in [0.25, 0.3) is 0 Å². The van der Waals surface area contributed by atoms with Crippen LogP contribution >= 0.6 is 0 Å². The number of nitrogens with zero attached hydrogens (tertiary/aromatic N) is 1. The van der Waals surface area contributed by atoms with Crippen molar-refractivity contribution < 1.29 is 18.3 Å². The molecule has 2 atom stereocenters. The highest BCUT2D eigenvalue weighted by Crippen LogP contribution is 2.49. The number of rotatable bonds is 6. The molecule has 0 N–H and O–H groups in total. The number of halogens is 2. The van der Waals surface area contributed by atoms with Crippen LogP contribution in [0.4, 0.5) is 8.78 Å². The molecular weight excluding hydrogens is 312 g/mol. The van der Waals surface area contributed by atoms with Gasteiger partial charge in [-0.25, -0.2) is 8.78 Å². The number of hydrogen-bond acceptors (Lipinski definition) is 2. The fraction of sp³-hybridized carbons (Fsp3) is 0.316. The van der Waals surface area contributed by atoms with Crippen molar-refractivity contribution in [3.05, 3.63) is 65.7 Å². The van der Waals surface area contributed by atoms with Crippen LogP contribution in [0.25, 0.3) is 0 Å². The molecule has 0 aliphatic heterocycles. The molecule has 1 aliphatic rings. The first kappa shape index (κ1) is 16.4. The van der Waals surface area contributed by atoms with E-state index in [0.717, 1.165) is 0 Å². The summed E-state index contributed by atoms with van der Waals surface area (Å²) < 4.78 is 32.1. The molecule has 3 rings (SSSR count). The molecule has 2 aromatic rings. The lowest BCUT2D eigenvalue weighted by molar-refractivity contribution is -0.131. The van der Waals surface area contributed by atoms with Crippen molar-refractivity contribution in [2.24, 2.45) is 5.92 Å². The summed E-state index contributed by atoms with van der Waals surface area (Å²) in [6, 6.07) is 12.4. The Morgan fingerprint density at radius 2 is 1.88 bits per heavy atom. The zero-order chi connectivity index (χ0) is 17.1. The number of likely N-dealkylation sites (N-methyl/N-ethyl adjacent to an activating group) is 1. The average molecular weight is 331 g/mol. The average Bonchev–Trinajstić information content (AvgIpc) is 3.36. The van der Waals surface area contributed by atoms with Gasteiger partial charge in [0.15, 0.2) is 0 Å². The minimum atomic E-state index is -0.317. The van der Waals surface area contributed by atoms with Crippen molar-refractivity contribution in [2.45, 2.75) is 12.3 Å². The van der Waals surface area contributed by atoms with Gasteiger partial charge in [0.1, 0.15) is 24.0 Å². The Hall–Kier alpha value is -2.43. The lowest BCUT2D eigenvalue weighted by Gasteiger charge is -2.17. The maximum atomic E-state index is 13.8. The summed E-state index contributed by atoms with van der Waals surface area (Å²) in [6.45, 7) is 0.752. The third-order valence-electron chi connectivity index (χ3n) is 4.30. The fourth-order valence-corrected chi connectivity index (χ4v) is 2.81. The summed E-state index contributed by atoms with van der Waals surface area (Å²) in [5.41, 5.74) is 0.617. The second-order valence-corrected chi connectivity index (χ2v) is 6.03. The van der Waals surface area contributed by atoms with Crippen molar-refractivity contribution in [3.63, 3.8) is 0 Å². The number of benzene rings is 2. The SMILES string of the molecule is CN(CCOc1ccc(F)cc1)C(=O)C1CC1c1ccccc1F. The molecule has 0 spiro atoms. The van der Waals surface area contributed by atoms with E-state index in [1.807, 2.05) is 0 Å². The number of ether oxygens (including phenoxy) is 1. The highest BCUT2D eigenvalue weighted by Gasteiger charge is 2.46. The minimum Gasteiger partial charge on any atom is -0.492 e. The zero-order valence-electron chi connectivity index (χ0n) is 13.4. The normalized spacial score (nSPS) is 19.0. The minimum absolute atomic E-state index is 0.00552. The van der Waals surface area contributed by atoms with Crippen molar-refractivity contribution in [2.75, 3.05) is 20.2 Å². The van der Waals surface area contributed by atoms with Gasteiger partial charge in [-0.1, -0.05) is 18.2 Å². The second kappa shape index (κ2) is 6.99. The third-order valence-corrected chi connectivity index (χ3v) is 4.30. The smallest absolute Gasteiger partial charge is 0.226 e. The van der Waals surface area contributed by atoms with Gasteiger partial charge in [-0.3, -0.25) is 4.79 Å². The van der Waals surface area contributed by atoms with Gasteiger partial charge in [-0.05, 0) is 48.2 Å². The van der Waals surface area contributed by atoms with E-state index in [2.05, 4.69) is 0 Å². The molecule has 1 aliphatic carbocycles. The van der Waals surface area contributed by atoms with Crippen LogP contribution in [0.3, 0.4) is 0 Å². The summed E-state index contributed by atoms with van der Waals surface area (Å²) in [6.07, 6.45) is 0.683. The van der Waals surface area contributed by atoms with Crippen LogP contribution in [-0.4, -0.2) is 31.0 Å².